The van der Waals surface area contributed by atoms with Crippen LogP contribution in [0.25, 0.3) is 0 Å². The van der Waals surface area contributed by atoms with Crippen molar-refractivity contribution in [1.29, 1.82) is 0 Å². The number of pyridine rings is 1. The van der Waals surface area contributed by atoms with E-state index < -0.39 is 0 Å². The number of nitrogens with zero attached hydrogens (tertiary/aromatic N) is 3. The van der Waals surface area contributed by atoms with Gasteiger partial charge >= 0.3 is 0 Å². The second-order valence-electron chi connectivity index (χ2n) is 3.35. The zero-order valence-electron chi connectivity index (χ0n) is 8.81. The molecule has 82 valence electrons. The summed E-state index contributed by atoms with van der Waals surface area (Å²) in [5.41, 5.74) is 1.95. The molecule has 1 N–H and O–H groups in total. The van der Waals surface area contributed by atoms with E-state index in [9.17, 15) is 0 Å². The molecule has 0 atom stereocenters. The average Bonchev–Trinajstić information content (AvgIpc) is 2.28. The first-order chi connectivity index (χ1) is 7.74. The van der Waals surface area contributed by atoms with Crippen molar-refractivity contribution < 1.29 is 0 Å². The highest BCUT2D eigenvalue weighted by molar-refractivity contribution is 6.30. The summed E-state index contributed by atoms with van der Waals surface area (Å²) in [5, 5.41) is 3.60. The summed E-state index contributed by atoms with van der Waals surface area (Å²) in [5.74, 6) is 0.549. The molecular formula is C11H11ClN4. The minimum Gasteiger partial charge on any atom is -0.349 e. The van der Waals surface area contributed by atoms with Crippen LogP contribution in [0, 0.1) is 6.92 Å². The van der Waals surface area contributed by atoms with Crippen LogP contribution in [0.2, 0.25) is 5.02 Å². The molecule has 0 aliphatic rings. The summed E-state index contributed by atoms with van der Waals surface area (Å²) in [6.45, 7) is 2.56. The summed E-state index contributed by atoms with van der Waals surface area (Å²) in [6.07, 6.45) is 3.11. The van der Waals surface area contributed by atoms with Gasteiger partial charge in [-0.15, -0.1) is 0 Å². The second-order valence-corrected chi connectivity index (χ2v) is 3.79. The Bertz CT molecular complexity index is 470. The fourth-order valence-electron chi connectivity index (χ4n) is 1.27. The third kappa shape index (κ3) is 2.90. The van der Waals surface area contributed by atoms with Crippen LogP contribution in [0.4, 0.5) is 5.95 Å². The van der Waals surface area contributed by atoms with Gasteiger partial charge in [0, 0.05) is 5.69 Å². The highest BCUT2D eigenvalue weighted by atomic mass is 35.5. The topological polar surface area (TPSA) is 50.7 Å². The van der Waals surface area contributed by atoms with Gasteiger partial charge < -0.3 is 5.32 Å². The van der Waals surface area contributed by atoms with Gasteiger partial charge in [-0.05, 0) is 19.1 Å². The zero-order chi connectivity index (χ0) is 11.4. The third-order valence-electron chi connectivity index (χ3n) is 1.99. The molecule has 5 heteroatoms. The number of anilines is 1. The fourth-order valence-corrected chi connectivity index (χ4v) is 1.37. The molecule has 0 spiro atoms. The molecule has 0 bridgehead atoms. The SMILES string of the molecule is Cc1cccc(CNc2ncc(Cl)cn2)n1. The average molecular weight is 235 g/mol. The molecule has 2 heterocycles. The molecule has 2 aromatic rings. The molecule has 0 saturated carbocycles. The van der Waals surface area contributed by atoms with Crippen LogP contribution < -0.4 is 5.32 Å². The maximum absolute atomic E-state index is 5.68. The van der Waals surface area contributed by atoms with Crippen LogP contribution in [0.5, 0.6) is 0 Å². The maximum atomic E-state index is 5.68. The molecule has 0 aliphatic carbocycles. The van der Waals surface area contributed by atoms with Crippen molar-refractivity contribution in [3.05, 3.63) is 47.0 Å². The lowest BCUT2D eigenvalue weighted by atomic mass is 10.3. The van der Waals surface area contributed by atoms with Crippen molar-refractivity contribution in [2.45, 2.75) is 13.5 Å². The van der Waals surface area contributed by atoms with Crippen LogP contribution >= 0.6 is 11.6 Å². The lowest BCUT2D eigenvalue weighted by Gasteiger charge is -2.04. The van der Waals surface area contributed by atoms with E-state index in [2.05, 4.69) is 20.3 Å². The monoisotopic (exact) mass is 234 g/mol. The van der Waals surface area contributed by atoms with Crippen LogP contribution in [0.15, 0.2) is 30.6 Å². The fraction of sp³-hybridized carbons (Fsp3) is 0.182. The van der Waals surface area contributed by atoms with Crippen molar-refractivity contribution in [3.63, 3.8) is 0 Å². The van der Waals surface area contributed by atoms with E-state index in [1.165, 1.54) is 0 Å². The Morgan fingerprint density at radius 2 is 2.00 bits per heavy atom. The van der Waals surface area contributed by atoms with E-state index in [0.717, 1.165) is 11.4 Å². The summed E-state index contributed by atoms with van der Waals surface area (Å²) in [4.78, 5) is 12.4. The maximum Gasteiger partial charge on any atom is 0.222 e. The van der Waals surface area contributed by atoms with E-state index in [0.29, 0.717) is 17.5 Å². The third-order valence-corrected chi connectivity index (χ3v) is 2.19. The Labute approximate surface area is 98.7 Å². The van der Waals surface area contributed by atoms with Gasteiger partial charge in [-0.3, -0.25) is 4.98 Å². The van der Waals surface area contributed by atoms with E-state index >= 15 is 0 Å². The van der Waals surface area contributed by atoms with Crippen molar-refractivity contribution in [3.8, 4) is 0 Å². The van der Waals surface area contributed by atoms with Gasteiger partial charge in [-0.25, -0.2) is 9.97 Å². The molecule has 16 heavy (non-hydrogen) atoms. The van der Waals surface area contributed by atoms with Gasteiger partial charge in [-0.1, -0.05) is 17.7 Å². The molecule has 0 aromatic carbocycles. The molecule has 0 fully saturated rings. The van der Waals surface area contributed by atoms with Crippen molar-refractivity contribution in [2.24, 2.45) is 0 Å². The number of rotatable bonds is 3. The van der Waals surface area contributed by atoms with Crippen molar-refractivity contribution >= 4 is 17.5 Å². The van der Waals surface area contributed by atoms with Gasteiger partial charge in [0.05, 0.1) is 29.7 Å². The van der Waals surface area contributed by atoms with E-state index in [4.69, 9.17) is 11.6 Å². The summed E-state index contributed by atoms with van der Waals surface area (Å²) < 4.78 is 0. The van der Waals surface area contributed by atoms with Gasteiger partial charge in [0.25, 0.3) is 0 Å². The van der Waals surface area contributed by atoms with E-state index in [1.807, 2.05) is 25.1 Å². The van der Waals surface area contributed by atoms with Crippen LogP contribution in [0.1, 0.15) is 11.4 Å². The lowest BCUT2D eigenvalue weighted by Crippen LogP contribution is -2.05. The molecule has 0 radical (unpaired) electrons. The zero-order valence-corrected chi connectivity index (χ0v) is 9.57. The molecule has 0 unspecified atom stereocenters. The summed E-state index contributed by atoms with van der Waals surface area (Å²) >= 11 is 5.68. The predicted octanol–water partition coefficient (Wildman–Crippen LogP) is 2.45. The predicted molar refractivity (Wildman–Crippen MR) is 63.3 cm³/mol. The second kappa shape index (κ2) is 4.90. The Kier molecular flexibility index (Phi) is 3.31. The minimum absolute atomic E-state index is 0.527. The van der Waals surface area contributed by atoms with Crippen LogP contribution in [-0.2, 0) is 6.54 Å². The summed E-state index contributed by atoms with van der Waals surface area (Å²) in [6, 6.07) is 5.89. The Morgan fingerprint density at radius 3 is 2.69 bits per heavy atom. The largest absolute Gasteiger partial charge is 0.349 e. The molecule has 0 saturated heterocycles. The molecule has 0 aliphatic heterocycles. The highest BCUT2D eigenvalue weighted by Crippen LogP contribution is 2.06. The first kappa shape index (κ1) is 10.8. The standard InChI is InChI=1S/C11H11ClN4/c1-8-3-2-4-10(16-8)7-15-11-13-5-9(12)6-14-11/h2-6H,7H2,1H3,(H,13,14,15). The molecule has 2 aromatic heterocycles. The van der Waals surface area contributed by atoms with Gasteiger partial charge in [0.2, 0.25) is 5.95 Å². The summed E-state index contributed by atoms with van der Waals surface area (Å²) in [7, 11) is 0. The number of aryl methyl sites for hydroxylation is 1. The number of halogens is 1. The Hall–Kier alpha value is -1.68. The van der Waals surface area contributed by atoms with Crippen molar-refractivity contribution in [2.75, 3.05) is 5.32 Å². The minimum atomic E-state index is 0.527. The number of aromatic nitrogens is 3. The number of hydrogen-bond donors (Lipinski definition) is 1. The Morgan fingerprint density at radius 1 is 1.25 bits per heavy atom. The quantitative estimate of drug-likeness (QED) is 0.886. The number of nitrogens with one attached hydrogen (secondary N) is 1. The van der Waals surface area contributed by atoms with Gasteiger partial charge in [0.1, 0.15) is 0 Å². The van der Waals surface area contributed by atoms with E-state index in [1.54, 1.807) is 12.4 Å². The normalized spacial score (nSPS) is 10.1. The highest BCUT2D eigenvalue weighted by Gasteiger charge is 1.97. The molecule has 0 amide bonds. The molecular weight excluding hydrogens is 224 g/mol. The molecule has 4 nitrogen and oxygen atoms in total. The smallest absolute Gasteiger partial charge is 0.222 e. The van der Waals surface area contributed by atoms with Crippen LogP contribution in [-0.4, -0.2) is 15.0 Å². The lowest BCUT2D eigenvalue weighted by molar-refractivity contribution is 0.983. The van der Waals surface area contributed by atoms with E-state index in [-0.39, 0.29) is 0 Å². The Balaban J connectivity index is 1.99. The first-order valence-corrected chi connectivity index (χ1v) is 5.26. The molecule has 2 rings (SSSR count). The van der Waals surface area contributed by atoms with Crippen molar-refractivity contribution in [1.82, 2.24) is 15.0 Å². The van der Waals surface area contributed by atoms with Gasteiger partial charge in [-0.2, -0.15) is 0 Å². The number of hydrogen-bond acceptors (Lipinski definition) is 4. The van der Waals surface area contributed by atoms with Gasteiger partial charge in [0.15, 0.2) is 0 Å². The van der Waals surface area contributed by atoms with Crippen LogP contribution in [0.3, 0.4) is 0 Å². The first-order valence-electron chi connectivity index (χ1n) is 4.88.